The summed E-state index contributed by atoms with van der Waals surface area (Å²) in [5.41, 5.74) is 1.24. The van der Waals surface area contributed by atoms with E-state index in [4.69, 9.17) is 4.74 Å². The second kappa shape index (κ2) is 5.01. The van der Waals surface area contributed by atoms with Crippen LogP contribution in [-0.4, -0.2) is 31.6 Å². The molecule has 0 unspecified atom stereocenters. The Morgan fingerprint density at radius 3 is 2.64 bits per heavy atom. The van der Waals surface area contributed by atoms with E-state index in [1.54, 1.807) is 0 Å². The van der Waals surface area contributed by atoms with Crippen LogP contribution in [0.4, 0.5) is 0 Å². The summed E-state index contributed by atoms with van der Waals surface area (Å²) >= 11 is 0. The van der Waals surface area contributed by atoms with Gasteiger partial charge in [0.25, 0.3) is 0 Å². The minimum atomic E-state index is 0.229. The number of hydrogen-bond acceptors (Lipinski definition) is 2. The summed E-state index contributed by atoms with van der Waals surface area (Å²) in [5, 5.41) is 0. The zero-order valence-electron chi connectivity index (χ0n) is 9.45. The maximum absolute atomic E-state index is 5.76. The van der Waals surface area contributed by atoms with Crippen LogP contribution in [0.2, 0.25) is 0 Å². The highest BCUT2D eigenvalue weighted by Crippen LogP contribution is 2.14. The van der Waals surface area contributed by atoms with Crippen molar-refractivity contribution in [3.8, 4) is 5.75 Å². The number of rotatable bonds is 4. The van der Waals surface area contributed by atoms with Gasteiger partial charge in [0.05, 0.1) is 0 Å². The SMILES string of the molecule is Cc1cccc(O[C@H](C)CN(C)C)c1. The van der Waals surface area contributed by atoms with Crippen LogP contribution in [-0.2, 0) is 0 Å². The third-order valence-electron chi connectivity index (χ3n) is 1.95. The Kier molecular flexibility index (Phi) is 3.96. The molecule has 0 aliphatic heterocycles. The van der Waals surface area contributed by atoms with Gasteiger partial charge in [0.1, 0.15) is 11.9 Å². The van der Waals surface area contributed by atoms with Crippen molar-refractivity contribution in [3.05, 3.63) is 29.8 Å². The molecule has 2 nitrogen and oxygen atoms in total. The number of likely N-dealkylation sites (N-methyl/N-ethyl adjacent to an activating group) is 1. The van der Waals surface area contributed by atoms with E-state index >= 15 is 0 Å². The Balaban J connectivity index is 2.51. The second-order valence-corrected chi connectivity index (χ2v) is 4.01. The van der Waals surface area contributed by atoms with Crippen LogP contribution in [0.25, 0.3) is 0 Å². The maximum atomic E-state index is 5.76. The zero-order chi connectivity index (χ0) is 10.6. The summed E-state index contributed by atoms with van der Waals surface area (Å²) in [7, 11) is 4.10. The van der Waals surface area contributed by atoms with E-state index in [1.807, 2.05) is 12.1 Å². The van der Waals surface area contributed by atoms with Crippen LogP contribution in [0.3, 0.4) is 0 Å². The van der Waals surface area contributed by atoms with Gasteiger partial charge in [-0.1, -0.05) is 12.1 Å². The topological polar surface area (TPSA) is 12.5 Å². The molecule has 1 atom stereocenters. The summed E-state index contributed by atoms with van der Waals surface area (Å²) in [6, 6.07) is 8.15. The number of aryl methyl sites for hydroxylation is 1. The number of hydrogen-bond donors (Lipinski definition) is 0. The van der Waals surface area contributed by atoms with Crippen molar-refractivity contribution < 1.29 is 4.74 Å². The minimum absolute atomic E-state index is 0.229. The van der Waals surface area contributed by atoms with E-state index in [0.29, 0.717) is 0 Å². The van der Waals surface area contributed by atoms with Gasteiger partial charge in [0.2, 0.25) is 0 Å². The first kappa shape index (κ1) is 11.1. The van der Waals surface area contributed by atoms with Gasteiger partial charge in [-0.05, 0) is 45.6 Å². The molecule has 0 saturated heterocycles. The predicted octanol–water partition coefficient (Wildman–Crippen LogP) is 2.32. The molecule has 2 heteroatoms. The number of benzene rings is 1. The molecule has 0 aliphatic carbocycles. The van der Waals surface area contributed by atoms with E-state index in [0.717, 1.165) is 12.3 Å². The van der Waals surface area contributed by atoms with Crippen molar-refractivity contribution in [3.63, 3.8) is 0 Å². The normalized spacial score (nSPS) is 12.9. The molecule has 0 fully saturated rings. The largest absolute Gasteiger partial charge is 0.489 e. The molecule has 0 heterocycles. The zero-order valence-corrected chi connectivity index (χ0v) is 9.45. The molecule has 0 aliphatic rings. The highest BCUT2D eigenvalue weighted by Gasteiger charge is 2.04. The highest BCUT2D eigenvalue weighted by molar-refractivity contribution is 5.27. The van der Waals surface area contributed by atoms with Crippen LogP contribution in [0.5, 0.6) is 5.75 Å². The van der Waals surface area contributed by atoms with Crippen molar-refractivity contribution in [2.24, 2.45) is 0 Å². The Morgan fingerprint density at radius 2 is 2.07 bits per heavy atom. The lowest BCUT2D eigenvalue weighted by Gasteiger charge is -2.18. The molecule has 14 heavy (non-hydrogen) atoms. The predicted molar refractivity (Wildman–Crippen MR) is 59.8 cm³/mol. The fourth-order valence-corrected chi connectivity index (χ4v) is 1.47. The Bertz CT molecular complexity index is 283. The fourth-order valence-electron chi connectivity index (χ4n) is 1.47. The van der Waals surface area contributed by atoms with Gasteiger partial charge in [0.15, 0.2) is 0 Å². The molecule has 0 amide bonds. The van der Waals surface area contributed by atoms with Crippen molar-refractivity contribution in [2.45, 2.75) is 20.0 Å². The summed E-state index contributed by atoms with van der Waals surface area (Å²) in [6.45, 7) is 5.10. The second-order valence-electron chi connectivity index (χ2n) is 4.01. The van der Waals surface area contributed by atoms with E-state index in [-0.39, 0.29) is 6.10 Å². The molecular weight excluding hydrogens is 174 g/mol. The summed E-state index contributed by atoms with van der Waals surface area (Å²) in [4.78, 5) is 2.13. The van der Waals surface area contributed by atoms with Crippen molar-refractivity contribution in [1.82, 2.24) is 4.90 Å². The number of ether oxygens (including phenoxy) is 1. The van der Waals surface area contributed by atoms with E-state index in [9.17, 15) is 0 Å². The number of nitrogens with zero attached hydrogens (tertiary/aromatic N) is 1. The summed E-state index contributed by atoms with van der Waals surface area (Å²) in [5.74, 6) is 0.958. The third kappa shape index (κ3) is 3.79. The smallest absolute Gasteiger partial charge is 0.120 e. The Morgan fingerprint density at radius 1 is 1.36 bits per heavy atom. The molecule has 0 bridgehead atoms. The van der Waals surface area contributed by atoms with Gasteiger partial charge in [-0.15, -0.1) is 0 Å². The van der Waals surface area contributed by atoms with Crippen LogP contribution in [0, 0.1) is 6.92 Å². The standard InChI is InChI=1S/C12H19NO/c1-10-6-5-7-12(8-10)14-11(2)9-13(3)4/h5-8,11H,9H2,1-4H3/t11-/m1/s1. The first-order valence-electron chi connectivity index (χ1n) is 4.96. The van der Waals surface area contributed by atoms with Gasteiger partial charge in [0, 0.05) is 6.54 Å². The molecule has 0 N–H and O–H groups in total. The summed E-state index contributed by atoms with van der Waals surface area (Å²) < 4.78 is 5.76. The fraction of sp³-hybridized carbons (Fsp3) is 0.500. The lowest BCUT2D eigenvalue weighted by Crippen LogP contribution is -2.27. The van der Waals surface area contributed by atoms with Crippen LogP contribution >= 0.6 is 0 Å². The summed E-state index contributed by atoms with van der Waals surface area (Å²) in [6.07, 6.45) is 0.229. The monoisotopic (exact) mass is 193 g/mol. The lowest BCUT2D eigenvalue weighted by molar-refractivity contribution is 0.177. The van der Waals surface area contributed by atoms with E-state index in [1.165, 1.54) is 5.56 Å². The first-order chi connectivity index (χ1) is 6.58. The maximum Gasteiger partial charge on any atom is 0.120 e. The van der Waals surface area contributed by atoms with Gasteiger partial charge in [-0.3, -0.25) is 0 Å². The molecule has 78 valence electrons. The van der Waals surface area contributed by atoms with Gasteiger partial charge >= 0.3 is 0 Å². The third-order valence-corrected chi connectivity index (χ3v) is 1.95. The molecule has 0 radical (unpaired) electrons. The molecule has 0 aromatic heterocycles. The van der Waals surface area contributed by atoms with Gasteiger partial charge < -0.3 is 9.64 Å². The molecule has 1 aromatic carbocycles. The van der Waals surface area contributed by atoms with E-state index in [2.05, 4.69) is 45.0 Å². The molecule has 1 aromatic rings. The Hall–Kier alpha value is -1.02. The van der Waals surface area contributed by atoms with Crippen molar-refractivity contribution in [2.75, 3.05) is 20.6 Å². The van der Waals surface area contributed by atoms with Gasteiger partial charge in [-0.25, -0.2) is 0 Å². The highest BCUT2D eigenvalue weighted by atomic mass is 16.5. The van der Waals surface area contributed by atoms with Crippen molar-refractivity contribution >= 4 is 0 Å². The Labute approximate surface area is 86.5 Å². The van der Waals surface area contributed by atoms with E-state index < -0.39 is 0 Å². The molecule has 0 saturated carbocycles. The molecular formula is C12H19NO. The lowest BCUT2D eigenvalue weighted by atomic mass is 10.2. The molecule has 0 spiro atoms. The van der Waals surface area contributed by atoms with Crippen LogP contribution in [0.1, 0.15) is 12.5 Å². The quantitative estimate of drug-likeness (QED) is 0.727. The first-order valence-corrected chi connectivity index (χ1v) is 4.96. The molecule has 1 rings (SSSR count). The average Bonchev–Trinajstić information content (AvgIpc) is 2.01. The van der Waals surface area contributed by atoms with Crippen LogP contribution in [0.15, 0.2) is 24.3 Å². The average molecular weight is 193 g/mol. The van der Waals surface area contributed by atoms with Gasteiger partial charge in [-0.2, -0.15) is 0 Å². The van der Waals surface area contributed by atoms with Crippen molar-refractivity contribution in [1.29, 1.82) is 0 Å². The minimum Gasteiger partial charge on any atom is -0.489 e. The van der Waals surface area contributed by atoms with Crippen LogP contribution < -0.4 is 4.74 Å².